The van der Waals surface area contributed by atoms with Crippen molar-refractivity contribution >= 4 is 5.71 Å². The van der Waals surface area contributed by atoms with Gasteiger partial charge >= 0.3 is 0 Å². The Bertz CT molecular complexity index is 180. The fourth-order valence-electron chi connectivity index (χ4n) is 1.29. The van der Waals surface area contributed by atoms with E-state index in [4.69, 9.17) is 5.41 Å². The van der Waals surface area contributed by atoms with E-state index in [2.05, 4.69) is 19.2 Å². The van der Waals surface area contributed by atoms with E-state index in [1.165, 1.54) is 11.1 Å². The van der Waals surface area contributed by atoms with Crippen molar-refractivity contribution < 1.29 is 0 Å². The third-order valence-electron chi connectivity index (χ3n) is 1.95. The van der Waals surface area contributed by atoms with E-state index in [0.29, 0.717) is 0 Å². The van der Waals surface area contributed by atoms with Crippen molar-refractivity contribution in [3.63, 3.8) is 0 Å². The van der Waals surface area contributed by atoms with Crippen molar-refractivity contribution in [2.75, 3.05) is 13.6 Å². The molecule has 12 heavy (non-hydrogen) atoms. The number of hydrogen-bond acceptors (Lipinski definition) is 2. The molecule has 0 aliphatic rings. The maximum atomic E-state index is 7.40. The molecule has 0 aromatic heterocycles. The summed E-state index contributed by atoms with van der Waals surface area (Å²) in [4.78, 5) is 0. The maximum absolute atomic E-state index is 7.40. The Morgan fingerprint density at radius 1 is 1.33 bits per heavy atom. The van der Waals surface area contributed by atoms with E-state index in [0.717, 1.165) is 25.1 Å². The van der Waals surface area contributed by atoms with Crippen LogP contribution in [-0.2, 0) is 0 Å². The molecule has 0 rings (SSSR count). The molecule has 0 radical (unpaired) electrons. The van der Waals surface area contributed by atoms with E-state index >= 15 is 0 Å². The molecule has 70 valence electrons. The van der Waals surface area contributed by atoms with E-state index in [9.17, 15) is 0 Å². The van der Waals surface area contributed by atoms with Gasteiger partial charge in [-0.25, -0.2) is 0 Å². The van der Waals surface area contributed by atoms with Gasteiger partial charge in [-0.3, -0.25) is 0 Å². The predicted octanol–water partition coefficient (Wildman–Crippen LogP) is 2.36. The molecule has 0 saturated carbocycles. The minimum Gasteiger partial charge on any atom is -0.316 e. The first kappa shape index (κ1) is 11.4. The number of hydrogen-bond donors (Lipinski definition) is 2. The van der Waals surface area contributed by atoms with Crippen LogP contribution in [0.4, 0.5) is 0 Å². The molecular formula is C10H20N2. The molecule has 0 spiro atoms. The second-order valence-electron chi connectivity index (χ2n) is 3.22. The van der Waals surface area contributed by atoms with Gasteiger partial charge in [0.25, 0.3) is 0 Å². The molecule has 0 unspecified atom stereocenters. The zero-order chi connectivity index (χ0) is 9.56. The molecule has 0 heterocycles. The average Bonchev–Trinajstić information content (AvgIpc) is 2.00. The van der Waals surface area contributed by atoms with Gasteiger partial charge in [0.15, 0.2) is 0 Å². The Kier molecular flexibility index (Phi) is 5.64. The quantitative estimate of drug-likeness (QED) is 0.480. The molecule has 2 nitrogen and oxygen atoms in total. The van der Waals surface area contributed by atoms with E-state index in [-0.39, 0.29) is 0 Å². The maximum Gasteiger partial charge on any atom is 0.0161 e. The molecule has 0 aliphatic heterocycles. The predicted molar refractivity (Wildman–Crippen MR) is 54.9 cm³/mol. The fraction of sp³-hybridized carbons (Fsp3) is 0.700. The Labute approximate surface area is 75.6 Å². The SMILES string of the molecule is CC/C(CC(C)=N)=C(\C)CNC. The summed E-state index contributed by atoms with van der Waals surface area (Å²) < 4.78 is 0. The molecule has 2 heteroatoms. The van der Waals surface area contributed by atoms with E-state index < -0.39 is 0 Å². The lowest BCUT2D eigenvalue weighted by molar-refractivity contribution is 0.850. The standard InChI is InChI=1S/C10H20N2/c1-5-10(6-9(3)11)8(2)7-12-4/h11-12H,5-7H2,1-4H3/b10-8-,11-9?. The molecule has 0 atom stereocenters. The van der Waals surface area contributed by atoms with Crippen molar-refractivity contribution in [1.29, 1.82) is 5.41 Å². The zero-order valence-corrected chi connectivity index (χ0v) is 8.62. The Hall–Kier alpha value is -0.630. The summed E-state index contributed by atoms with van der Waals surface area (Å²) >= 11 is 0. The lowest BCUT2D eigenvalue weighted by Gasteiger charge is -2.09. The molecule has 0 aliphatic carbocycles. The first-order chi connectivity index (χ1) is 5.61. The van der Waals surface area contributed by atoms with Gasteiger partial charge in [-0.1, -0.05) is 18.1 Å². The summed E-state index contributed by atoms with van der Waals surface area (Å²) in [6, 6.07) is 0. The molecule has 0 saturated heterocycles. The molecular weight excluding hydrogens is 148 g/mol. The van der Waals surface area contributed by atoms with Crippen LogP contribution >= 0.6 is 0 Å². The smallest absolute Gasteiger partial charge is 0.0161 e. The van der Waals surface area contributed by atoms with Crippen molar-refractivity contribution in [1.82, 2.24) is 5.32 Å². The van der Waals surface area contributed by atoms with Crippen molar-refractivity contribution in [3.05, 3.63) is 11.1 Å². The Balaban J connectivity index is 4.27. The lowest BCUT2D eigenvalue weighted by Crippen LogP contribution is -2.11. The summed E-state index contributed by atoms with van der Waals surface area (Å²) in [6.45, 7) is 7.09. The Morgan fingerprint density at radius 2 is 1.92 bits per heavy atom. The molecule has 0 bridgehead atoms. The molecule has 0 fully saturated rings. The lowest BCUT2D eigenvalue weighted by atomic mass is 10.0. The first-order valence-corrected chi connectivity index (χ1v) is 4.47. The zero-order valence-electron chi connectivity index (χ0n) is 8.62. The van der Waals surface area contributed by atoms with Gasteiger partial charge in [-0.05, 0) is 27.3 Å². The van der Waals surface area contributed by atoms with E-state index in [1.807, 2.05) is 14.0 Å². The second-order valence-corrected chi connectivity index (χ2v) is 3.22. The highest BCUT2D eigenvalue weighted by molar-refractivity contribution is 5.81. The Morgan fingerprint density at radius 3 is 2.25 bits per heavy atom. The fourth-order valence-corrected chi connectivity index (χ4v) is 1.29. The second kappa shape index (κ2) is 5.95. The largest absolute Gasteiger partial charge is 0.316 e. The molecule has 0 amide bonds. The highest BCUT2D eigenvalue weighted by atomic mass is 14.8. The normalized spacial score (nSPS) is 12.7. The monoisotopic (exact) mass is 168 g/mol. The van der Waals surface area contributed by atoms with Crippen LogP contribution in [0.1, 0.15) is 33.6 Å². The van der Waals surface area contributed by atoms with Gasteiger partial charge in [0.2, 0.25) is 0 Å². The molecule has 2 N–H and O–H groups in total. The molecule has 0 aromatic carbocycles. The van der Waals surface area contributed by atoms with Crippen LogP contribution in [0.25, 0.3) is 0 Å². The van der Waals surface area contributed by atoms with Crippen molar-refractivity contribution in [2.24, 2.45) is 0 Å². The third-order valence-corrected chi connectivity index (χ3v) is 1.95. The van der Waals surface area contributed by atoms with Crippen LogP contribution in [-0.4, -0.2) is 19.3 Å². The van der Waals surface area contributed by atoms with Gasteiger partial charge < -0.3 is 10.7 Å². The van der Waals surface area contributed by atoms with Crippen LogP contribution in [0, 0.1) is 5.41 Å². The summed E-state index contributed by atoms with van der Waals surface area (Å²) in [5.74, 6) is 0. The highest BCUT2D eigenvalue weighted by Crippen LogP contribution is 2.12. The van der Waals surface area contributed by atoms with Gasteiger partial charge in [0.1, 0.15) is 0 Å². The van der Waals surface area contributed by atoms with E-state index in [1.54, 1.807) is 0 Å². The minimum absolute atomic E-state index is 0.752. The average molecular weight is 168 g/mol. The summed E-state index contributed by atoms with van der Waals surface area (Å²) in [5, 5.41) is 10.5. The number of likely N-dealkylation sites (N-methyl/N-ethyl adjacent to an activating group) is 1. The summed E-state index contributed by atoms with van der Waals surface area (Å²) in [5.41, 5.74) is 3.53. The van der Waals surface area contributed by atoms with Crippen LogP contribution in [0.5, 0.6) is 0 Å². The van der Waals surface area contributed by atoms with Gasteiger partial charge in [0.05, 0.1) is 0 Å². The topological polar surface area (TPSA) is 35.9 Å². The number of rotatable bonds is 5. The van der Waals surface area contributed by atoms with Gasteiger partial charge in [-0.2, -0.15) is 0 Å². The van der Waals surface area contributed by atoms with Crippen molar-refractivity contribution in [3.8, 4) is 0 Å². The van der Waals surface area contributed by atoms with Gasteiger partial charge in [-0.15, -0.1) is 0 Å². The first-order valence-electron chi connectivity index (χ1n) is 4.47. The van der Waals surface area contributed by atoms with Crippen LogP contribution in [0.15, 0.2) is 11.1 Å². The minimum atomic E-state index is 0.752. The van der Waals surface area contributed by atoms with Crippen LogP contribution < -0.4 is 5.32 Å². The number of nitrogens with one attached hydrogen (secondary N) is 2. The third kappa shape index (κ3) is 4.29. The summed E-state index contributed by atoms with van der Waals surface area (Å²) in [7, 11) is 1.95. The number of allylic oxidation sites excluding steroid dienone is 1. The van der Waals surface area contributed by atoms with Crippen LogP contribution in [0.3, 0.4) is 0 Å². The highest BCUT2D eigenvalue weighted by Gasteiger charge is 2.00. The molecule has 0 aromatic rings. The van der Waals surface area contributed by atoms with Gasteiger partial charge in [0, 0.05) is 18.7 Å². The van der Waals surface area contributed by atoms with Crippen molar-refractivity contribution in [2.45, 2.75) is 33.6 Å². The summed E-state index contributed by atoms with van der Waals surface area (Å²) in [6.07, 6.45) is 1.90. The van der Waals surface area contributed by atoms with Crippen LogP contribution in [0.2, 0.25) is 0 Å².